The lowest BCUT2D eigenvalue weighted by Gasteiger charge is -2.08. The number of benzene rings is 2. The van der Waals surface area contributed by atoms with Gasteiger partial charge < -0.3 is 5.32 Å². The van der Waals surface area contributed by atoms with Gasteiger partial charge in [0.05, 0.1) is 16.3 Å². The van der Waals surface area contributed by atoms with E-state index in [0.717, 1.165) is 50.9 Å². The Kier molecular flexibility index (Phi) is 6.61. The molecule has 0 radical (unpaired) electrons. The number of aliphatic imine (C=N–C) groups is 1. The molecule has 0 saturated heterocycles. The molecule has 0 unspecified atom stereocenters. The first-order valence-electron chi connectivity index (χ1n) is 10.2. The Hall–Kier alpha value is -2.08. The number of nitrogens with one attached hydrogen (secondary N) is 1. The summed E-state index contributed by atoms with van der Waals surface area (Å²) in [6.07, 6.45) is 3.02. The van der Waals surface area contributed by atoms with E-state index in [1.165, 1.54) is 4.88 Å². The van der Waals surface area contributed by atoms with Crippen LogP contribution in [0.4, 0.5) is 5.69 Å². The summed E-state index contributed by atoms with van der Waals surface area (Å²) in [5, 5.41) is 3.68. The molecular formula is C24H23ClN2OS2. The molecule has 1 aliphatic heterocycles. The number of unbranched alkanes of at least 4 members (excludes halogenated alkanes) is 1. The van der Waals surface area contributed by atoms with Gasteiger partial charge in [-0.25, -0.2) is 4.99 Å². The first-order valence-corrected chi connectivity index (χ1v) is 12.2. The van der Waals surface area contributed by atoms with Gasteiger partial charge in [-0.05, 0) is 61.4 Å². The van der Waals surface area contributed by atoms with E-state index in [1.54, 1.807) is 23.1 Å². The standard InChI is InChI=1S/C24H23ClN2OS2/c1-3-5-12-26-24(28)15-6-9-21-19(13-15)27-23(22-11-8-17(4-2)29-22)18-14-16(25)7-10-20(18)30-21/h6-11,13-14H,3-5,12H2,1-2H3,(H,26,28). The van der Waals surface area contributed by atoms with E-state index in [2.05, 4.69) is 31.3 Å². The maximum atomic E-state index is 12.6. The fourth-order valence-electron chi connectivity index (χ4n) is 3.27. The van der Waals surface area contributed by atoms with E-state index in [-0.39, 0.29) is 5.91 Å². The van der Waals surface area contributed by atoms with E-state index in [1.807, 2.05) is 36.4 Å². The highest BCUT2D eigenvalue weighted by molar-refractivity contribution is 7.99. The van der Waals surface area contributed by atoms with Gasteiger partial charge in [-0.1, -0.05) is 43.6 Å². The fourth-order valence-corrected chi connectivity index (χ4v) is 5.38. The Morgan fingerprint density at radius 3 is 2.67 bits per heavy atom. The number of carbonyl (C=O) groups excluding carboxylic acids is 1. The van der Waals surface area contributed by atoms with Crippen molar-refractivity contribution in [3.8, 4) is 0 Å². The number of rotatable bonds is 6. The summed E-state index contributed by atoms with van der Waals surface area (Å²) >= 11 is 9.76. The third kappa shape index (κ3) is 4.48. The van der Waals surface area contributed by atoms with Gasteiger partial charge in [-0.3, -0.25) is 4.79 Å². The highest BCUT2D eigenvalue weighted by Crippen LogP contribution is 2.43. The summed E-state index contributed by atoms with van der Waals surface area (Å²) in [7, 11) is 0. The maximum Gasteiger partial charge on any atom is 0.251 e. The van der Waals surface area contributed by atoms with Crippen molar-refractivity contribution in [2.75, 3.05) is 6.54 Å². The number of halogens is 1. The molecule has 1 amide bonds. The fraction of sp³-hybridized carbons (Fsp3) is 0.250. The molecule has 30 heavy (non-hydrogen) atoms. The van der Waals surface area contributed by atoms with Crippen molar-refractivity contribution >= 4 is 52.0 Å². The number of hydrogen-bond donors (Lipinski definition) is 1. The molecule has 2 aromatic carbocycles. The minimum atomic E-state index is -0.0535. The molecule has 0 atom stereocenters. The lowest BCUT2D eigenvalue weighted by Crippen LogP contribution is -2.24. The van der Waals surface area contributed by atoms with Gasteiger partial charge in [0.2, 0.25) is 0 Å². The second kappa shape index (κ2) is 9.38. The van der Waals surface area contributed by atoms with Gasteiger partial charge in [0, 0.05) is 37.4 Å². The molecule has 3 nitrogen and oxygen atoms in total. The van der Waals surface area contributed by atoms with Crippen LogP contribution in [0.1, 0.15) is 52.4 Å². The molecule has 1 aliphatic rings. The predicted octanol–water partition coefficient (Wildman–Crippen LogP) is 7.13. The second-order valence-electron chi connectivity index (χ2n) is 7.11. The molecular weight excluding hydrogens is 432 g/mol. The van der Waals surface area contributed by atoms with Crippen molar-refractivity contribution < 1.29 is 4.79 Å². The first kappa shape index (κ1) is 21.2. The van der Waals surface area contributed by atoms with Crippen LogP contribution in [0.15, 0.2) is 63.3 Å². The highest BCUT2D eigenvalue weighted by atomic mass is 35.5. The van der Waals surface area contributed by atoms with Crippen LogP contribution in [-0.4, -0.2) is 18.2 Å². The van der Waals surface area contributed by atoms with Crippen LogP contribution < -0.4 is 5.32 Å². The summed E-state index contributed by atoms with van der Waals surface area (Å²) in [5.74, 6) is -0.0535. The van der Waals surface area contributed by atoms with Crippen molar-refractivity contribution in [3.63, 3.8) is 0 Å². The van der Waals surface area contributed by atoms with Gasteiger partial charge in [-0.2, -0.15) is 0 Å². The number of carbonyl (C=O) groups is 1. The van der Waals surface area contributed by atoms with E-state index >= 15 is 0 Å². The predicted molar refractivity (Wildman–Crippen MR) is 128 cm³/mol. The molecule has 154 valence electrons. The molecule has 0 saturated carbocycles. The van der Waals surface area contributed by atoms with Gasteiger partial charge in [0.25, 0.3) is 5.91 Å². The second-order valence-corrected chi connectivity index (χ2v) is 9.80. The van der Waals surface area contributed by atoms with E-state index in [4.69, 9.17) is 16.6 Å². The highest BCUT2D eigenvalue weighted by Gasteiger charge is 2.21. The number of amides is 1. The zero-order chi connectivity index (χ0) is 21.1. The summed E-state index contributed by atoms with van der Waals surface area (Å²) < 4.78 is 0. The van der Waals surface area contributed by atoms with E-state index in [0.29, 0.717) is 17.1 Å². The number of nitrogens with zero attached hydrogens (tertiary/aromatic N) is 1. The SMILES string of the molecule is CCCCNC(=O)c1ccc2c(c1)N=C(c1ccc(CC)s1)c1cc(Cl)ccc1S2. The van der Waals surface area contributed by atoms with Crippen LogP contribution in [0.25, 0.3) is 0 Å². The third-order valence-corrected chi connectivity index (χ3v) is 7.54. The molecule has 0 aliphatic carbocycles. The molecule has 1 N–H and O–H groups in total. The van der Waals surface area contributed by atoms with E-state index in [9.17, 15) is 4.79 Å². The number of thiophene rings is 1. The quantitative estimate of drug-likeness (QED) is 0.315. The number of fused-ring (bicyclic) bond motifs is 2. The topological polar surface area (TPSA) is 41.5 Å². The molecule has 0 bridgehead atoms. The van der Waals surface area contributed by atoms with Crippen LogP contribution in [0.2, 0.25) is 5.02 Å². The zero-order valence-electron chi connectivity index (χ0n) is 17.0. The minimum Gasteiger partial charge on any atom is -0.352 e. The number of aryl methyl sites for hydroxylation is 1. The monoisotopic (exact) mass is 454 g/mol. The first-order chi connectivity index (χ1) is 14.6. The largest absolute Gasteiger partial charge is 0.352 e. The lowest BCUT2D eigenvalue weighted by atomic mass is 10.1. The average molecular weight is 455 g/mol. The molecule has 1 aromatic heterocycles. The van der Waals surface area contributed by atoms with E-state index < -0.39 is 0 Å². The average Bonchev–Trinajstić information content (AvgIpc) is 3.17. The Morgan fingerprint density at radius 2 is 1.90 bits per heavy atom. The van der Waals surface area contributed by atoms with Crippen LogP contribution in [0.3, 0.4) is 0 Å². The van der Waals surface area contributed by atoms with Crippen LogP contribution in [0.5, 0.6) is 0 Å². The van der Waals surface area contributed by atoms with Crippen molar-refractivity contribution in [2.45, 2.75) is 42.9 Å². The summed E-state index contributed by atoms with van der Waals surface area (Å²) in [6, 6.07) is 16.0. The van der Waals surface area contributed by atoms with Crippen molar-refractivity contribution in [3.05, 3.63) is 74.4 Å². The van der Waals surface area contributed by atoms with Gasteiger partial charge in [0.1, 0.15) is 0 Å². The molecule has 3 aromatic rings. The van der Waals surface area contributed by atoms with Gasteiger partial charge >= 0.3 is 0 Å². The van der Waals surface area contributed by atoms with Crippen LogP contribution in [-0.2, 0) is 6.42 Å². The third-order valence-electron chi connectivity index (χ3n) is 4.93. The van der Waals surface area contributed by atoms with Crippen LogP contribution in [0, 0.1) is 0 Å². The molecule has 0 spiro atoms. The molecule has 0 fully saturated rings. The van der Waals surface area contributed by atoms with Gasteiger partial charge in [0.15, 0.2) is 0 Å². The van der Waals surface area contributed by atoms with Crippen molar-refractivity contribution in [1.82, 2.24) is 5.32 Å². The molecule has 6 heteroatoms. The summed E-state index contributed by atoms with van der Waals surface area (Å²) in [4.78, 5) is 22.2. The minimum absolute atomic E-state index is 0.0535. The van der Waals surface area contributed by atoms with Crippen LogP contribution >= 0.6 is 34.7 Å². The smallest absolute Gasteiger partial charge is 0.251 e. The summed E-state index contributed by atoms with van der Waals surface area (Å²) in [5.41, 5.74) is 3.39. The Morgan fingerprint density at radius 1 is 1.07 bits per heavy atom. The maximum absolute atomic E-state index is 12.6. The van der Waals surface area contributed by atoms with Crippen molar-refractivity contribution in [1.29, 1.82) is 0 Å². The Labute approximate surface area is 190 Å². The summed E-state index contributed by atoms with van der Waals surface area (Å²) in [6.45, 7) is 4.96. The normalized spacial score (nSPS) is 12.6. The van der Waals surface area contributed by atoms with Gasteiger partial charge in [-0.15, -0.1) is 11.3 Å². The number of hydrogen-bond acceptors (Lipinski definition) is 4. The Bertz CT molecular complexity index is 1120. The zero-order valence-corrected chi connectivity index (χ0v) is 19.4. The van der Waals surface area contributed by atoms with Crippen molar-refractivity contribution in [2.24, 2.45) is 4.99 Å². The Balaban J connectivity index is 1.79. The molecule has 4 rings (SSSR count). The lowest BCUT2D eigenvalue weighted by molar-refractivity contribution is 0.0953. The molecule has 2 heterocycles.